The van der Waals surface area contributed by atoms with Gasteiger partial charge in [0.15, 0.2) is 0 Å². The summed E-state index contributed by atoms with van der Waals surface area (Å²) >= 11 is 1.50. The molecule has 4 rings (SSSR count). The molecule has 24 heavy (non-hydrogen) atoms. The van der Waals surface area contributed by atoms with E-state index in [9.17, 15) is 4.79 Å². The molecule has 0 spiro atoms. The highest BCUT2D eigenvalue weighted by Gasteiger charge is 2.11. The van der Waals surface area contributed by atoms with E-state index in [1.165, 1.54) is 16.7 Å². The lowest BCUT2D eigenvalue weighted by atomic mass is 10.2. The Morgan fingerprint density at radius 3 is 2.58 bits per heavy atom. The average Bonchev–Trinajstić information content (AvgIpc) is 3.27. The van der Waals surface area contributed by atoms with E-state index in [0.29, 0.717) is 6.54 Å². The highest BCUT2D eigenvalue weighted by molar-refractivity contribution is 7.16. The highest BCUT2D eigenvalue weighted by atomic mass is 32.1. The molecule has 2 aromatic carbocycles. The Morgan fingerprint density at radius 1 is 0.917 bits per heavy atom. The molecule has 0 radical (unpaired) electrons. The Balaban J connectivity index is 1.53. The molecule has 118 valence electrons. The zero-order chi connectivity index (χ0) is 16.4. The minimum absolute atomic E-state index is 0.0356. The van der Waals surface area contributed by atoms with E-state index in [1.54, 1.807) is 0 Å². The third-order valence-corrected chi connectivity index (χ3v) is 5.03. The molecule has 2 aromatic heterocycles. The second-order valence-electron chi connectivity index (χ2n) is 5.55. The Bertz CT molecular complexity index is 985. The van der Waals surface area contributed by atoms with E-state index in [2.05, 4.69) is 28.1 Å². The molecule has 1 N–H and O–H groups in total. The molecule has 0 aliphatic carbocycles. The zero-order valence-corrected chi connectivity index (χ0v) is 13.8. The fourth-order valence-electron chi connectivity index (χ4n) is 2.72. The van der Waals surface area contributed by atoms with E-state index in [-0.39, 0.29) is 5.91 Å². The summed E-state index contributed by atoms with van der Waals surface area (Å²) < 4.78 is 2.12. The first-order chi connectivity index (χ1) is 11.8. The fourth-order valence-corrected chi connectivity index (χ4v) is 3.64. The van der Waals surface area contributed by atoms with Crippen LogP contribution in [0.1, 0.15) is 15.2 Å². The van der Waals surface area contributed by atoms with Gasteiger partial charge in [-0.2, -0.15) is 0 Å². The molecule has 0 atom stereocenters. The van der Waals surface area contributed by atoms with Crippen molar-refractivity contribution >= 4 is 28.1 Å². The first kappa shape index (κ1) is 14.7. The van der Waals surface area contributed by atoms with Crippen LogP contribution >= 0.6 is 11.3 Å². The molecule has 0 saturated carbocycles. The Morgan fingerprint density at radius 2 is 1.71 bits per heavy atom. The molecular weight excluding hydrogens is 316 g/mol. The third kappa shape index (κ3) is 2.84. The van der Waals surface area contributed by atoms with Crippen molar-refractivity contribution in [3.63, 3.8) is 0 Å². The number of nitrogens with one attached hydrogen (secondary N) is 1. The van der Waals surface area contributed by atoms with Crippen LogP contribution in [0.15, 0.2) is 79.0 Å². The minimum atomic E-state index is -0.0356. The predicted octanol–water partition coefficient (Wildman–Crippen LogP) is 4.62. The number of aromatic nitrogens is 1. The largest absolute Gasteiger partial charge is 0.347 e. The number of benzene rings is 2. The van der Waals surface area contributed by atoms with Crippen LogP contribution in [0.4, 0.5) is 0 Å². The third-order valence-electron chi connectivity index (χ3n) is 3.95. The van der Waals surface area contributed by atoms with E-state index in [1.807, 2.05) is 60.8 Å². The summed E-state index contributed by atoms with van der Waals surface area (Å²) in [6.45, 7) is 0.541. The average molecular weight is 332 g/mol. The van der Waals surface area contributed by atoms with Crippen molar-refractivity contribution in [2.24, 2.45) is 0 Å². The summed E-state index contributed by atoms with van der Waals surface area (Å²) in [5, 5.41) is 5.21. The monoisotopic (exact) mass is 332 g/mol. The van der Waals surface area contributed by atoms with Crippen LogP contribution in [-0.4, -0.2) is 10.5 Å². The molecule has 0 aliphatic heterocycles. The van der Waals surface area contributed by atoms with Crippen LogP contribution in [0.2, 0.25) is 0 Å². The van der Waals surface area contributed by atoms with E-state index in [0.717, 1.165) is 21.0 Å². The van der Waals surface area contributed by atoms with Gasteiger partial charge >= 0.3 is 0 Å². The van der Waals surface area contributed by atoms with Crippen LogP contribution in [0, 0.1) is 0 Å². The van der Waals surface area contributed by atoms with Crippen LogP contribution in [0.25, 0.3) is 15.9 Å². The lowest BCUT2D eigenvalue weighted by Gasteiger charge is -2.04. The Hall–Kier alpha value is -2.85. The second kappa shape index (κ2) is 6.34. The summed E-state index contributed by atoms with van der Waals surface area (Å²) in [5.41, 5.74) is 2.25. The molecule has 0 fully saturated rings. The minimum Gasteiger partial charge on any atom is -0.347 e. The summed E-state index contributed by atoms with van der Waals surface area (Å²) in [6, 6.07) is 24.1. The van der Waals surface area contributed by atoms with Gasteiger partial charge < -0.3 is 9.88 Å². The molecule has 1 amide bonds. The van der Waals surface area contributed by atoms with Crippen molar-refractivity contribution in [3.05, 3.63) is 89.4 Å². The van der Waals surface area contributed by atoms with Gasteiger partial charge in [-0.05, 0) is 35.2 Å². The van der Waals surface area contributed by atoms with E-state index < -0.39 is 0 Å². The maximum Gasteiger partial charge on any atom is 0.261 e. The number of thiophene rings is 1. The number of hydrogen-bond acceptors (Lipinski definition) is 2. The van der Waals surface area contributed by atoms with Gasteiger partial charge in [-0.1, -0.05) is 48.5 Å². The first-order valence-corrected chi connectivity index (χ1v) is 8.61. The van der Waals surface area contributed by atoms with Crippen molar-refractivity contribution in [2.75, 3.05) is 0 Å². The van der Waals surface area contributed by atoms with Crippen molar-refractivity contribution in [1.29, 1.82) is 0 Å². The fraction of sp³-hybridized carbons (Fsp3) is 0.0500. The maximum atomic E-state index is 12.4. The summed E-state index contributed by atoms with van der Waals surface area (Å²) in [7, 11) is 0. The van der Waals surface area contributed by atoms with Crippen molar-refractivity contribution in [3.8, 4) is 5.00 Å². The SMILES string of the molecule is O=C(NCc1ccccc1)c1ccc(-n2ccc3ccccc32)s1. The van der Waals surface area contributed by atoms with Gasteiger partial charge in [0.2, 0.25) is 0 Å². The second-order valence-corrected chi connectivity index (χ2v) is 6.61. The van der Waals surface area contributed by atoms with Crippen molar-refractivity contribution < 1.29 is 4.79 Å². The molecule has 3 nitrogen and oxygen atoms in total. The van der Waals surface area contributed by atoms with Gasteiger partial charge in [-0.25, -0.2) is 0 Å². The number of rotatable bonds is 4. The van der Waals surface area contributed by atoms with Gasteiger partial charge in [0.25, 0.3) is 5.91 Å². The van der Waals surface area contributed by atoms with E-state index in [4.69, 9.17) is 0 Å². The maximum absolute atomic E-state index is 12.4. The number of hydrogen-bond donors (Lipinski definition) is 1. The van der Waals surface area contributed by atoms with Gasteiger partial charge in [-0.15, -0.1) is 11.3 Å². The van der Waals surface area contributed by atoms with Gasteiger partial charge in [0.05, 0.1) is 10.4 Å². The number of fused-ring (bicyclic) bond motifs is 1. The standard InChI is InChI=1S/C20H16N2OS/c23-20(21-14-15-6-2-1-3-7-15)18-10-11-19(24-18)22-13-12-16-8-4-5-9-17(16)22/h1-13H,14H2,(H,21,23). The summed E-state index contributed by atoms with van der Waals surface area (Å²) in [4.78, 5) is 13.1. The van der Waals surface area contributed by atoms with Gasteiger partial charge in [-0.3, -0.25) is 4.79 Å². The summed E-state index contributed by atoms with van der Waals surface area (Å²) in [6.07, 6.45) is 2.04. The number of nitrogens with zero attached hydrogens (tertiary/aromatic N) is 1. The smallest absolute Gasteiger partial charge is 0.261 e. The van der Waals surface area contributed by atoms with Crippen LogP contribution < -0.4 is 5.32 Å². The lowest BCUT2D eigenvalue weighted by Crippen LogP contribution is -2.21. The number of amides is 1. The molecule has 4 aromatic rings. The Labute approximate surface area is 144 Å². The number of carbonyl (C=O) groups excluding carboxylic acids is 1. The highest BCUT2D eigenvalue weighted by Crippen LogP contribution is 2.26. The molecule has 2 heterocycles. The normalized spacial score (nSPS) is 10.8. The molecule has 0 aliphatic rings. The summed E-state index contributed by atoms with van der Waals surface area (Å²) in [5.74, 6) is -0.0356. The van der Waals surface area contributed by atoms with Crippen molar-refractivity contribution in [2.45, 2.75) is 6.54 Å². The van der Waals surface area contributed by atoms with Crippen molar-refractivity contribution in [1.82, 2.24) is 9.88 Å². The zero-order valence-electron chi connectivity index (χ0n) is 13.0. The van der Waals surface area contributed by atoms with Gasteiger partial charge in [0, 0.05) is 12.7 Å². The van der Waals surface area contributed by atoms with E-state index >= 15 is 0 Å². The van der Waals surface area contributed by atoms with Gasteiger partial charge in [0.1, 0.15) is 5.00 Å². The first-order valence-electron chi connectivity index (χ1n) is 7.80. The molecule has 0 saturated heterocycles. The van der Waals surface area contributed by atoms with Crippen LogP contribution in [-0.2, 0) is 6.54 Å². The molecule has 4 heteroatoms. The molecular formula is C20H16N2OS. The lowest BCUT2D eigenvalue weighted by molar-refractivity contribution is 0.0955. The topological polar surface area (TPSA) is 34.0 Å². The number of para-hydroxylation sites is 1. The van der Waals surface area contributed by atoms with Crippen LogP contribution in [0.5, 0.6) is 0 Å². The molecule has 0 bridgehead atoms. The number of carbonyl (C=O) groups is 1. The predicted molar refractivity (Wildman–Crippen MR) is 98.8 cm³/mol. The Kier molecular flexibility index (Phi) is 3.89. The van der Waals surface area contributed by atoms with Crippen LogP contribution in [0.3, 0.4) is 0 Å². The quantitative estimate of drug-likeness (QED) is 0.581. The molecule has 0 unspecified atom stereocenters.